The zero-order valence-corrected chi connectivity index (χ0v) is 14.6. The van der Waals surface area contributed by atoms with Gasteiger partial charge in [0.15, 0.2) is 12.4 Å². The Hall–Kier alpha value is -2.69. The van der Waals surface area contributed by atoms with Crippen molar-refractivity contribution < 1.29 is 18.7 Å². The van der Waals surface area contributed by atoms with E-state index in [1.807, 2.05) is 31.2 Å². The standard InChI is InChI=1S/C21H20FNO3/c1-13-11-17(24)21-18(9-8-15(22)20(13)21)26-12-19(25)23-10-4-6-14-5-2-3-7-16(14)23/h2-3,5,7-9,13H,4,6,10-12H2,1H3/t13-/m0/s1. The summed E-state index contributed by atoms with van der Waals surface area (Å²) in [6.07, 6.45) is 2.14. The van der Waals surface area contributed by atoms with Crippen LogP contribution in [0.4, 0.5) is 10.1 Å². The van der Waals surface area contributed by atoms with Crippen LogP contribution in [0.25, 0.3) is 0 Å². The minimum Gasteiger partial charge on any atom is -0.483 e. The number of fused-ring (bicyclic) bond motifs is 2. The van der Waals surface area contributed by atoms with Crippen LogP contribution in [0.2, 0.25) is 0 Å². The van der Waals surface area contributed by atoms with E-state index < -0.39 is 0 Å². The number of rotatable bonds is 3. The summed E-state index contributed by atoms with van der Waals surface area (Å²) in [6.45, 7) is 2.30. The molecule has 2 aliphatic rings. The highest BCUT2D eigenvalue weighted by Crippen LogP contribution is 2.39. The van der Waals surface area contributed by atoms with Gasteiger partial charge < -0.3 is 9.64 Å². The van der Waals surface area contributed by atoms with Crippen molar-refractivity contribution in [3.63, 3.8) is 0 Å². The third-order valence-corrected chi connectivity index (χ3v) is 5.18. The van der Waals surface area contributed by atoms with E-state index in [9.17, 15) is 14.0 Å². The summed E-state index contributed by atoms with van der Waals surface area (Å²) in [5.41, 5.74) is 2.77. The first kappa shape index (κ1) is 16.8. The van der Waals surface area contributed by atoms with Crippen molar-refractivity contribution in [3.05, 3.63) is 58.9 Å². The monoisotopic (exact) mass is 353 g/mol. The number of anilines is 1. The lowest BCUT2D eigenvalue weighted by Crippen LogP contribution is -2.38. The molecule has 0 bridgehead atoms. The maximum absolute atomic E-state index is 14.1. The zero-order chi connectivity index (χ0) is 18.3. The lowest BCUT2D eigenvalue weighted by atomic mass is 10.0. The lowest BCUT2D eigenvalue weighted by Gasteiger charge is -2.29. The largest absolute Gasteiger partial charge is 0.483 e. The van der Waals surface area contributed by atoms with E-state index in [1.165, 1.54) is 12.1 Å². The van der Waals surface area contributed by atoms with Crippen molar-refractivity contribution in [2.45, 2.75) is 32.1 Å². The number of nitrogens with zero attached hydrogens (tertiary/aromatic N) is 1. The molecule has 1 heterocycles. The number of carbonyl (C=O) groups is 2. The van der Waals surface area contributed by atoms with Gasteiger partial charge in [-0.15, -0.1) is 0 Å². The molecule has 134 valence electrons. The van der Waals surface area contributed by atoms with Gasteiger partial charge >= 0.3 is 0 Å². The number of carbonyl (C=O) groups excluding carboxylic acids is 2. The van der Waals surface area contributed by atoms with Crippen LogP contribution in [-0.2, 0) is 11.2 Å². The second-order valence-corrected chi connectivity index (χ2v) is 6.93. The van der Waals surface area contributed by atoms with Crippen molar-refractivity contribution in [1.82, 2.24) is 0 Å². The van der Waals surface area contributed by atoms with Gasteiger partial charge in [0, 0.05) is 24.2 Å². The highest BCUT2D eigenvalue weighted by molar-refractivity contribution is 6.04. The second kappa shape index (κ2) is 6.56. The minimum absolute atomic E-state index is 0.127. The molecule has 0 radical (unpaired) electrons. The average Bonchev–Trinajstić information content (AvgIpc) is 2.96. The molecule has 0 aromatic heterocycles. The van der Waals surface area contributed by atoms with Gasteiger partial charge in [-0.2, -0.15) is 0 Å². The summed E-state index contributed by atoms with van der Waals surface area (Å²) in [4.78, 5) is 26.6. The van der Waals surface area contributed by atoms with Gasteiger partial charge in [-0.1, -0.05) is 25.1 Å². The number of benzene rings is 2. The smallest absolute Gasteiger partial charge is 0.264 e. The molecule has 0 unspecified atom stereocenters. The predicted octanol–water partition coefficient (Wildman–Crippen LogP) is 3.87. The van der Waals surface area contributed by atoms with Gasteiger partial charge in [0.1, 0.15) is 11.6 Å². The third-order valence-electron chi connectivity index (χ3n) is 5.18. The van der Waals surface area contributed by atoms with E-state index >= 15 is 0 Å². The van der Waals surface area contributed by atoms with Crippen LogP contribution in [0.15, 0.2) is 36.4 Å². The van der Waals surface area contributed by atoms with E-state index in [0.29, 0.717) is 23.4 Å². The van der Waals surface area contributed by atoms with Crippen molar-refractivity contribution in [2.75, 3.05) is 18.1 Å². The molecule has 0 saturated carbocycles. The number of halogens is 1. The Morgan fingerprint density at radius 1 is 1.27 bits per heavy atom. The molecule has 2 aromatic carbocycles. The van der Waals surface area contributed by atoms with Crippen LogP contribution in [0.1, 0.15) is 47.2 Å². The van der Waals surface area contributed by atoms with Crippen LogP contribution in [-0.4, -0.2) is 24.8 Å². The summed E-state index contributed by atoms with van der Waals surface area (Å²) < 4.78 is 19.7. The van der Waals surface area contributed by atoms with Crippen LogP contribution in [0.3, 0.4) is 0 Å². The van der Waals surface area contributed by atoms with E-state index in [2.05, 4.69) is 0 Å². The van der Waals surface area contributed by atoms with E-state index in [-0.39, 0.29) is 36.5 Å². The van der Waals surface area contributed by atoms with Crippen molar-refractivity contribution in [3.8, 4) is 5.75 Å². The molecule has 0 fully saturated rings. The third kappa shape index (κ3) is 2.77. The molecule has 0 N–H and O–H groups in total. The number of amides is 1. The molecular formula is C21H20FNO3. The van der Waals surface area contributed by atoms with Gasteiger partial charge in [-0.3, -0.25) is 9.59 Å². The molecule has 0 saturated heterocycles. The Morgan fingerprint density at radius 3 is 2.92 bits per heavy atom. The molecule has 26 heavy (non-hydrogen) atoms. The normalized spacial score (nSPS) is 18.5. The van der Waals surface area contributed by atoms with Crippen molar-refractivity contribution >= 4 is 17.4 Å². The molecule has 4 rings (SSSR count). The van der Waals surface area contributed by atoms with E-state index in [1.54, 1.807) is 4.90 Å². The molecule has 1 amide bonds. The van der Waals surface area contributed by atoms with Gasteiger partial charge in [0.2, 0.25) is 0 Å². The van der Waals surface area contributed by atoms with Crippen LogP contribution in [0, 0.1) is 5.82 Å². The number of aryl methyl sites for hydroxylation is 1. The average molecular weight is 353 g/mol. The lowest BCUT2D eigenvalue weighted by molar-refractivity contribution is -0.120. The number of para-hydroxylation sites is 1. The topological polar surface area (TPSA) is 46.6 Å². The number of hydrogen-bond acceptors (Lipinski definition) is 3. The number of ether oxygens (including phenoxy) is 1. The number of Topliss-reactive ketones (excluding diaryl/α,β-unsaturated/α-hetero) is 1. The first-order valence-electron chi connectivity index (χ1n) is 8.93. The quantitative estimate of drug-likeness (QED) is 0.841. The van der Waals surface area contributed by atoms with Gasteiger partial charge in [-0.05, 0) is 42.5 Å². The summed E-state index contributed by atoms with van der Waals surface area (Å²) in [5.74, 6) is -0.534. The fourth-order valence-electron chi connectivity index (χ4n) is 3.96. The van der Waals surface area contributed by atoms with Gasteiger partial charge in [0.25, 0.3) is 5.91 Å². The van der Waals surface area contributed by atoms with E-state index in [4.69, 9.17) is 4.74 Å². The fraction of sp³-hybridized carbons (Fsp3) is 0.333. The summed E-state index contributed by atoms with van der Waals surface area (Å²) in [5, 5.41) is 0. The molecule has 2 aromatic rings. The SMILES string of the molecule is C[C@H]1CC(=O)c2c(OCC(=O)N3CCCc4ccccc43)ccc(F)c21. The van der Waals surface area contributed by atoms with Crippen molar-refractivity contribution in [1.29, 1.82) is 0 Å². The number of ketones is 1. The number of hydrogen-bond donors (Lipinski definition) is 0. The highest BCUT2D eigenvalue weighted by atomic mass is 19.1. The molecule has 1 atom stereocenters. The second-order valence-electron chi connectivity index (χ2n) is 6.93. The first-order valence-corrected chi connectivity index (χ1v) is 8.93. The van der Waals surface area contributed by atoms with E-state index in [0.717, 1.165) is 24.1 Å². The molecule has 1 aliphatic carbocycles. The van der Waals surface area contributed by atoms with Crippen LogP contribution >= 0.6 is 0 Å². The Labute approximate surface area is 151 Å². The van der Waals surface area contributed by atoms with Gasteiger partial charge in [-0.25, -0.2) is 4.39 Å². The zero-order valence-electron chi connectivity index (χ0n) is 14.6. The Bertz CT molecular complexity index is 893. The highest BCUT2D eigenvalue weighted by Gasteiger charge is 2.33. The first-order chi connectivity index (χ1) is 12.6. The molecule has 0 spiro atoms. The maximum Gasteiger partial charge on any atom is 0.264 e. The Balaban J connectivity index is 1.54. The molecule has 5 heteroatoms. The molecule has 4 nitrogen and oxygen atoms in total. The molecular weight excluding hydrogens is 333 g/mol. The fourth-order valence-corrected chi connectivity index (χ4v) is 3.96. The van der Waals surface area contributed by atoms with Gasteiger partial charge in [0.05, 0.1) is 5.56 Å². The predicted molar refractivity (Wildman–Crippen MR) is 96.4 cm³/mol. The molecule has 1 aliphatic heterocycles. The Kier molecular flexibility index (Phi) is 4.23. The van der Waals surface area contributed by atoms with Crippen LogP contribution < -0.4 is 9.64 Å². The van der Waals surface area contributed by atoms with Crippen LogP contribution in [0.5, 0.6) is 5.75 Å². The summed E-state index contributed by atoms with van der Waals surface area (Å²) in [6, 6.07) is 10.6. The maximum atomic E-state index is 14.1. The summed E-state index contributed by atoms with van der Waals surface area (Å²) >= 11 is 0. The van der Waals surface area contributed by atoms with Crippen molar-refractivity contribution in [2.24, 2.45) is 0 Å². The minimum atomic E-state index is -0.387. The summed E-state index contributed by atoms with van der Waals surface area (Å²) in [7, 11) is 0. The Morgan fingerprint density at radius 2 is 2.08 bits per heavy atom.